The van der Waals surface area contributed by atoms with Crippen molar-refractivity contribution in [3.8, 4) is 17.1 Å². The summed E-state index contributed by atoms with van der Waals surface area (Å²) in [6, 6.07) is 11.9. The number of nitrogens with zero attached hydrogens (tertiary/aromatic N) is 4. The van der Waals surface area contributed by atoms with E-state index in [2.05, 4.69) is 19.8 Å². The van der Waals surface area contributed by atoms with Crippen LogP contribution in [0.1, 0.15) is 22.7 Å². The van der Waals surface area contributed by atoms with Crippen molar-refractivity contribution < 1.29 is 27.2 Å². The summed E-state index contributed by atoms with van der Waals surface area (Å²) >= 11 is 0. The summed E-state index contributed by atoms with van der Waals surface area (Å²) in [6.07, 6.45) is 0.729. The first-order valence-electron chi connectivity index (χ1n) is 10.1. The molecule has 7 nitrogen and oxygen atoms in total. The van der Waals surface area contributed by atoms with Crippen LogP contribution in [0.3, 0.4) is 0 Å². The normalized spacial score (nSPS) is 15.1. The molecular weight excluding hydrogens is 425 g/mol. The Kier molecular flexibility index (Phi) is 6.69. The number of halogens is 3. The van der Waals surface area contributed by atoms with Gasteiger partial charge >= 0.3 is 6.61 Å². The zero-order valence-electron chi connectivity index (χ0n) is 17.1. The summed E-state index contributed by atoms with van der Waals surface area (Å²) in [5, 5.41) is 3.90. The van der Waals surface area contributed by atoms with E-state index in [1.807, 2.05) is 0 Å². The zero-order valence-corrected chi connectivity index (χ0v) is 17.1. The molecule has 3 aromatic rings. The number of benzene rings is 2. The fraction of sp³-hybridized carbons (Fsp3) is 0.318. The lowest BCUT2D eigenvalue weighted by Gasteiger charge is -2.21. The molecule has 0 N–H and O–H groups in total. The van der Waals surface area contributed by atoms with Crippen LogP contribution in [0.15, 0.2) is 53.1 Å². The fourth-order valence-electron chi connectivity index (χ4n) is 3.61. The van der Waals surface area contributed by atoms with Crippen LogP contribution in [0.2, 0.25) is 0 Å². The third kappa shape index (κ3) is 5.25. The molecule has 0 spiro atoms. The van der Waals surface area contributed by atoms with E-state index in [1.54, 1.807) is 29.2 Å². The second-order valence-corrected chi connectivity index (χ2v) is 7.32. The second kappa shape index (κ2) is 9.82. The molecule has 0 bridgehead atoms. The minimum atomic E-state index is -2.96. The lowest BCUT2D eigenvalue weighted by molar-refractivity contribution is -0.0494. The molecule has 168 valence electrons. The Hall–Kier alpha value is -3.40. The number of rotatable bonds is 6. The molecule has 1 fully saturated rings. The van der Waals surface area contributed by atoms with Crippen LogP contribution in [0.5, 0.6) is 5.75 Å². The Morgan fingerprint density at radius 2 is 1.94 bits per heavy atom. The molecule has 0 unspecified atom stereocenters. The van der Waals surface area contributed by atoms with Gasteiger partial charge in [-0.15, -0.1) is 0 Å². The van der Waals surface area contributed by atoms with Gasteiger partial charge in [-0.3, -0.25) is 9.69 Å². The Morgan fingerprint density at radius 3 is 2.75 bits per heavy atom. The van der Waals surface area contributed by atoms with E-state index >= 15 is 0 Å². The Bertz CT molecular complexity index is 1080. The molecule has 0 saturated carbocycles. The molecule has 0 aliphatic carbocycles. The first-order valence-corrected chi connectivity index (χ1v) is 10.1. The number of alkyl halides is 2. The van der Waals surface area contributed by atoms with Crippen LogP contribution in [0.4, 0.5) is 13.2 Å². The van der Waals surface area contributed by atoms with Crippen LogP contribution in [0, 0.1) is 5.82 Å². The molecule has 32 heavy (non-hydrogen) atoms. The highest BCUT2D eigenvalue weighted by atomic mass is 19.3. The molecule has 0 atom stereocenters. The molecule has 4 rings (SSSR count). The first kappa shape index (κ1) is 21.8. The smallest absolute Gasteiger partial charge is 0.387 e. The summed E-state index contributed by atoms with van der Waals surface area (Å²) in [7, 11) is 0. The first-order chi connectivity index (χ1) is 15.5. The highest BCUT2D eigenvalue weighted by Gasteiger charge is 2.22. The largest absolute Gasteiger partial charge is 0.434 e. The molecule has 0 radical (unpaired) electrons. The van der Waals surface area contributed by atoms with Gasteiger partial charge in [0.1, 0.15) is 11.6 Å². The van der Waals surface area contributed by atoms with Crippen molar-refractivity contribution in [3.63, 3.8) is 0 Å². The van der Waals surface area contributed by atoms with Crippen LogP contribution in [-0.2, 0) is 6.54 Å². The minimum Gasteiger partial charge on any atom is -0.434 e. The highest BCUT2D eigenvalue weighted by Crippen LogP contribution is 2.29. The van der Waals surface area contributed by atoms with Gasteiger partial charge in [0.05, 0.1) is 12.1 Å². The standard InChI is InChI=1S/C22H21F3N4O3/c23-16-6-3-5-15(13-16)21(30)29-10-4-9-28(11-12-29)14-19-26-20(27-32-19)17-7-1-2-8-18(17)31-22(24)25/h1-3,5-8,13,22H,4,9-12,14H2. The molecule has 1 saturated heterocycles. The van der Waals surface area contributed by atoms with Crippen LogP contribution in [0.25, 0.3) is 11.4 Å². The van der Waals surface area contributed by atoms with Gasteiger partial charge in [-0.05, 0) is 36.8 Å². The van der Waals surface area contributed by atoms with E-state index in [1.165, 1.54) is 24.3 Å². The Morgan fingerprint density at radius 1 is 1.09 bits per heavy atom. The molecule has 1 amide bonds. The summed E-state index contributed by atoms with van der Waals surface area (Å²) < 4.78 is 48.6. The van der Waals surface area contributed by atoms with Crippen molar-refractivity contribution in [2.24, 2.45) is 0 Å². The average molecular weight is 446 g/mol. The molecule has 1 aromatic heterocycles. The highest BCUT2D eigenvalue weighted by molar-refractivity contribution is 5.94. The Labute approximate surface area is 182 Å². The topological polar surface area (TPSA) is 71.7 Å². The van der Waals surface area contributed by atoms with Gasteiger partial charge in [0.2, 0.25) is 11.7 Å². The van der Waals surface area contributed by atoms with Crippen LogP contribution < -0.4 is 4.74 Å². The van der Waals surface area contributed by atoms with E-state index in [-0.39, 0.29) is 17.5 Å². The monoisotopic (exact) mass is 446 g/mol. The second-order valence-electron chi connectivity index (χ2n) is 7.32. The molecular formula is C22H21F3N4O3. The van der Waals surface area contributed by atoms with Crippen LogP contribution in [-0.4, -0.2) is 58.6 Å². The summed E-state index contributed by atoms with van der Waals surface area (Å²) in [6.45, 7) is -0.301. The van der Waals surface area contributed by atoms with Crippen LogP contribution >= 0.6 is 0 Å². The average Bonchev–Trinajstić information content (AvgIpc) is 3.10. The molecule has 1 aliphatic heterocycles. The summed E-state index contributed by atoms with van der Waals surface area (Å²) in [4.78, 5) is 20.8. The lowest BCUT2D eigenvalue weighted by atomic mass is 10.2. The van der Waals surface area contributed by atoms with E-state index in [4.69, 9.17) is 4.52 Å². The number of ether oxygens (including phenoxy) is 1. The maximum atomic E-state index is 13.4. The molecule has 2 aromatic carbocycles. The summed E-state index contributed by atoms with van der Waals surface area (Å²) in [5.41, 5.74) is 0.634. The van der Waals surface area contributed by atoms with Gasteiger partial charge in [0, 0.05) is 31.7 Å². The number of aromatic nitrogens is 2. The third-order valence-electron chi connectivity index (χ3n) is 5.12. The zero-order chi connectivity index (χ0) is 22.5. The maximum Gasteiger partial charge on any atom is 0.387 e. The molecule has 10 heteroatoms. The van der Waals surface area contributed by atoms with Crippen molar-refractivity contribution in [1.82, 2.24) is 19.9 Å². The number of hydrogen-bond donors (Lipinski definition) is 0. The summed E-state index contributed by atoms with van der Waals surface area (Å²) in [5.74, 6) is -0.191. The lowest BCUT2D eigenvalue weighted by Crippen LogP contribution is -2.35. The van der Waals surface area contributed by atoms with E-state index in [9.17, 15) is 18.0 Å². The van der Waals surface area contributed by atoms with E-state index < -0.39 is 12.4 Å². The Balaban J connectivity index is 1.39. The quantitative estimate of drug-likeness (QED) is 0.573. The minimum absolute atomic E-state index is 0.0314. The number of hydrogen-bond acceptors (Lipinski definition) is 6. The van der Waals surface area contributed by atoms with Gasteiger partial charge in [-0.2, -0.15) is 13.8 Å². The van der Waals surface area contributed by atoms with Crippen molar-refractivity contribution in [2.75, 3.05) is 26.2 Å². The third-order valence-corrected chi connectivity index (χ3v) is 5.12. The van der Waals surface area contributed by atoms with Gasteiger partial charge in [0.25, 0.3) is 5.91 Å². The van der Waals surface area contributed by atoms with Gasteiger partial charge in [0.15, 0.2) is 0 Å². The molecule has 1 aliphatic rings. The van der Waals surface area contributed by atoms with Gasteiger partial charge in [-0.1, -0.05) is 23.4 Å². The van der Waals surface area contributed by atoms with Crippen molar-refractivity contribution in [3.05, 3.63) is 65.8 Å². The molecule has 2 heterocycles. The number of carbonyl (C=O) groups excluding carboxylic acids is 1. The van der Waals surface area contributed by atoms with E-state index in [0.29, 0.717) is 49.7 Å². The van der Waals surface area contributed by atoms with Crippen molar-refractivity contribution in [1.29, 1.82) is 0 Å². The van der Waals surface area contributed by atoms with E-state index in [0.717, 1.165) is 6.42 Å². The SMILES string of the molecule is O=C(c1cccc(F)c1)N1CCCN(Cc2nc(-c3ccccc3OC(F)F)no2)CC1. The fourth-order valence-corrected chi connectivity index (χ4v) is 3.61. The predicted molar refractivity (Wildman–Crippen MR) is 109 cm³/mol. The van der Waals surface area contributed by atoms with Crippen molar-refractivity contribution >= 4 is 5.91 Å². The maximum absolute atomic E-state index is 13.4. The van der Waals surface area contributed by atoms with Gasteiger partial charge < -0.3 is 14.2 Å². The van der Waals surface area contributed by atoms with Crippen molar-refractivity contribution in [2.45, 2.75) is 19.6 Å². The van der Waals surface area contributed by atoms with Gasteiger partial charge in [-0.25, -0.2) is 4.39 Å². The predicted octanol–water partition coefficient (Wildman–Crippen LogP) is 3.83. The number of amides is 1. The number of para-hydroxylation sites is 1. The number of carbonyl (C=O) groups is 1.